The summed E-state index contributed by atoms with van der Waals surface area (Å²) >= 11 is 0. The molecule has 4 aromatic rings. The average molecular weight is 597 g/mol. The van der Waals surface area contributed by atoms with Crippen LogP contribution in [0.25, 0.3) is 11.1 Å². The van der Waals surface area contributed by atoms with E-state index in [0.717, 1.165) is 22.3 Å². The SMILES string of the molecule is Cc1noc([C@@H]2C[C@H]2C(=O)NCc2ccc(-c3cccc(OC(F)(F)F)c3)c3c2CN(Cc2noc(C(C)C)n2)CC3)n1. The number of alkyl halides is 3. The molecule has 2 aromatic heterocycles. The van der Waals surface area contributed by atoms with Crippen molar-refractivity contribution in [1.82, 2.24) is 30.5 Å². The number of carbonyl (C=O) groups is 1. The van der Waals surface area contributed by atoms with Crippen LogP contribution in [0, 0.1) is 12.8 Å². The zero-order chi connectivity index (χ0) is 30.3. The lowest BCUT2D eigenvalue weighted by Crippen LogP contribution is -2.33. The second kappa shape index (κ2) is 11.4. The van der Waals surface area contributed by atoms with Gasteiger partial charge >= 0.3 is 6.36 Å². The molecule has 1 fully saturated rings. The number of fused-ring (bicyclic) bond motifs is 1. The molecule has 2 aromatic carbocycles. The molecule has 13 heteroatoms. The maximum Gasteiger partial charge on any atom is 0.573 e. The Kier molecular flexibility index (Phi) is 7.67. The van der Waals surface area contributed by atoms with Gasteiger partial charge in [0, 0.05) is 25.6 Å². The molecule has 0 bridgehead atoms. The molecule has 10 nitrogen and oxygen atoms in total. The van der Waals surface area contributed by atoms with Crippen LogP contribution in [0.2, 0.25) is 0 Å². The molecule has 2 aliphatic rings. The van der Waals surface area contributed by atoms with E-state index in [2.05, 4.69) is 35.2 Å². The molecule has 3 heterocycles. The van der Waals surface area contributed by atoms with Crippen molar-refractivity contribution in [3.05, 3.63) is 76.5 Å². The first-order valence-electron chi connectivity index (χ1n) is 14.2. The summed E-state index contributed by atoms with van der Waals surface area (Å²) < 4.78 is 53.5. The highest BCUT2D eigenvalue weighted by Gasteiger charge is 2.47. The Labute approximate surface area is 245 Å². The number of halogens is 3. The summed E-state index contributed by atoms with van der Waals surface area (Å²) in [5, 5.41) is 11.0. The average Bonchev–Trinajstić information content (AvgIpc) is 3.41. The van der Waals surface area contributed by atoms with Crippen molar-refractivity contribution in [3.63, 3.8) is 0 Å². The lowest BCUT2D eigenvalue weighted by molar-refractivity contribution is -0.274. The molecule has 1 N–H and O–H groups in total. The smallest absolute Gasteiger partial charge is 0.406 e. The number of hydrogen-bond acceptors (Lipinski definition) is 9. The number of amides is 1. The predicted molar refractivity (Wildman–Crippen MR) is 146 cm³/mol. The zero-order valence-electron chi connectivity index (χ0n) is 23.9. The summed E-state index contributed by atoms with van der Waals surface area (Å²) in [6.07, 6.45) is -3.49. The summed E-state index contributed by atoms with van der Waals surface area (Å²) in [6.45, 7) is 7.73. The highest BCUT2D eigenvalue weighted by molar-refractivity contribution is 5.82. The van der Waals surface area contributed by atoms with Crippen LogP contribution in [0.5, 0.6) is 5.75 Å². The number of hydrogen-bond donors (Lipinski definition) is 1. The van der Waals surface area contributed by atoms with E-state index in [0.29, 0.717) is 68.0 Å². The van der Waals surface area contributed by atoms with Crippen LogP contribution < -0.4 is 10.1 Å². The Morgan fingerprint density at radius 2 is 1.98 bits per heavy atom. The summed E-state index contributed by atoms with van der Waals surface area (Å²) in [6, 6.07) is 9.82. The fraction of sp³-hybridized carbons (Fsp3) is 0.433. The van der Waals surface area contributed by atoms with Gasteiger partial charge in [-0.25, -0.2) is 0 Å². The molecule has 0 radical (unpaired) electrons. The molecule has 0 unspecified atom stereocenters. The Hall–Kier alpha value is -4.26. The normalized spacial score (nSPS) is 18.5. The van der Waals surface area contributed by atoms with Gasteiger partial charge in [-0.1, -0.05) is 48.4 Å². The molecule has 2 atom stereocenters. The van der Waals surface area contributed by atoms with Gasteiger partial charge in [0.2, 0.25) is 17.7 Å². The third-order valence-corrected chi connectivity index (χ3v) is 7.75. The van der Waals surface area contributed by atoms with Crippen molar-refractivity contribution in [2.24, 2.45) is 5.92 Å². The standard InChI is InChI=1S/C30H31F3N6O4/c1-16(2)28-36-26(38-42-28)15-39-10-9-22-21(18-5-4-6-20(11-18)41-30(31,32)33)8-7-19(25(22)14-39)13-34-27(40)23-12-24(23)29-35-17(3)37-43-29/h4-8,11,16,23-24H,9-10,12-15H2,1-3H3,(H,34,40)/t23-,24-/m1/s1. The van der Waals surface area contributed by atoms with Crippen molar-refractivity contribution in [2.75, 3.05) is 6.54 Å². The van der Waals surface area contributed by atoms with Crippen LogP contribution in [-0.4, -0.2) is 44.0 Å². The van der Waals surface area contributed by atoms with Crippen LogP contribution in [0.3, 0.4) is 0 Å². The number of rotatable bonds is 9. The van der Waals surface area contributed by atoms with Gasteiger partial charge < -0.3 is 19.1 Å². The van der Waals surface area contributed by atoms with Crippen molar-refractivity contribution in [1.29, 1.82) is 0 Å². The first kappa shape index (κ1) is 28.8. The van der Waals surface area contributed by atoms with Crippen molar-refractivity contribution < 1.29 is 31.7 Å². The predicted octanol–water partition coefficient (Wildman–Crippen LogP) is 5.43. The molecule has 1 saturated carbocycles. The Bertz CT molecular complexity index is 1630. The Balaban J connectivity index is 1.24. The quantitative estimate of drug-likeness (QED) is 0.270. The topological polar surface area (TPSA) is 119 Å². The van der Waals surface area contributed by atoms with Crippen LogP contribution >= 0.6 is 0 Å². The number of benzene rings is 2. The summed E-state index contributed by atoms with van der Waals surface area (Å²) in [4.78, 5) is 23.9. The minimum absolute atomic E-state index is 0.0788. The third-order valence-electron chi connectivity index (χ3n) is 7.75. The lowest BCUT2D eigenvalue weighted by atomic mass is 9.87. The van der Waals surface area contributed by atoms with Gasteiger partial charge in [-0.2, -0.15) is 9.97 Å². The number of aromatic nitrogens is 4. The van der Waals surface area contributed by atoms with Crippen molar-refractivity contribution in [2.45, 2.75) is 71.4 Å². The van der Waals surface area contributed by atoms with Gasteiger partial charge in [0.1, 0.15) is 5.75 Å². The minimum atomic E-state index is -4.78. The van der Waals surface area contributed by atoms with E-state index in [9.17, 15) is 18.0 Å². The highest BCUT2D eigenvalue weighted by Crippen LogP contribution is 2.47. The third kappa shape index (κ3) is 6.56. The van der Waals surface area contributed by atoms with E-state index in [1.54, 1.807) is 19.1 Å². The van der Waals surface area contributed by atoms with Gasteiger partial charge in [0.05, 0.1) is 18.4 Å². The van der Waals surface area contributed by atoms with E-state index in [-0.39, 0.29) is 29.4 Å². The van der Waals surface area contributed by atoms with Crippen LogP contribution in [0.1, 0.15) is 72.2 Å². The van der Waals surface area contributed by atoms with Gasteiger partial charge in [-0.15, -0.1) is 13.2 Å². The number of nitrogens with zero attached hydrogens (tertiary/aromatic N) is 5. The first-order valence-corrected chi connectivity index (χ1v) is 14.2. The monoisotopic (exact) mass is 596 g/mol. The second-order valence-corrected chi connectivity index (χ2v) is 11.3. The van der Waals surface area contributed by atoms with Crippen LogP contribution in [0.15, 0.2) is 45.4 Å². The molecule has 1 aliphatic heterocycles. The molecule has 1 amide bonds. The maximum absolute atomic E-state index is 13.0. The number of ether oxygens (including phenoxy) is 1. The van der Waals surface area contributed by atoms with Gasteiger partial charge in [-0.05, 0) is 59.7 Å². The largest absolute Gasteiger partial charge is 0.573 e. The van der Waals surface area contributed by atoms with Crippen molar-refractivity contribution >= 4 is 5.91 Å². The number of aryl methyl sites for hydroxylation is 1. The maximum atomic E-state index is 13.0. The minimum Gasteiger partial charge on any atom is -0.406 e. The first-order chi connectivity index (χ1) is 20.5. The lowest BCUT2D eigenvalue weighted by Gasteiger charge is -2.31. The van der Waals surface area contributed by atoms with Gasteiger partial charge in [0.25, 0.3) is 0 Å². The number of nitrogens with one attached hydrogen (secondary N) is 1. The Morgan fingerprint density at radius 3 is 2.70 bits per heavy atom. The van der Waals surface area contributed by atoms with E-state index < -0.39 is 6.36 Å². The summed E-state index contributed by atoms with van der Waals surface area (Å²) in [5.74, 6) is 1.63. The summed E-state index contributed by atoms with van der Waals surface area (Å²) in [7, 11) is 0. The number of carbonyl (C=O) groups excluding carboxylic acids is 1. The highest BCUT2D eigenvalue weighted by atomic mass is 19.4. The fourth-order valence-electron chi connectivity index (χ4n) is 5.53. The summed E-state index contributed by atoms with van der Waals surface area (Å²) in [5.41, 5.74) is 4.42. The molecule has 6 rings (SSSR count). The molecule has 43 heavy (non-hydrogen) atoms. The Morgan fingerprint density at radius 1 is 1.14 bits per heavy atom. The van der Waals surface area contributed by atoms with E-state index in [4.69, 9.17) is 9.05 Å². The molecular formula is C30H31F3N6O4. The van der Waals surface area contributed by atoms with Crippen molar-refractivity contribution in [3.8, 4) is 16.9 Å². The van der Waals surface area contributed by atoms with Crippen LogP contribution in [-0.2, 0) is 30.8 Å². The molecule has 226 valence electrons. The zero-order valence-corrected chi connectivity index (χ0v) is 23.9. The second-order valence-electron chi connectivity index (χ2n) is 11.3. The van der Waals surface area contributed by atoms with Crippen LogP contribution in [0.4, 0.5) is 13.2 Å². The molecular weight excluding hydrogens is 565 g/mol. The van der Waals surface area contributed by atoms with E-state index >= 15 is 0 Å². The fourth-order valence-corrected chi connectivity index (χ4v) is 5.53. The van der Waals surface area contributed by atoms with E-state index in [1.807, 2.05) is 26.0 Å². The van der Waals surface area contributed by atoms with Gasteiger partial charge in [0.15, 0.2) is 11.6 Å². The molecule has 0 spiro atoms. The molecule has 1 aliphatic carbocycles. The van der Waals surface area contributed by atoms with Gasteiger partial charge in [-0.3, -0.25) is 9.69 Å². The molecule has 0 saturated heterocycles. The van der Waals surface area contributed by atoms with E-state index in [1.165, 1.54) is 12.1 Å².